The van der Waals surface area contributed by atoms with Crippen LogP contribution in [0.3, 0.4) is 0 Å². The van der Waals surface area contributed by atoms with Crippen molar-refractivity contribution in [2.75, 3.05) is 10.6 Å². The number of carbonyl (C=O) groups is 2. The highest BCUT2D eigenvalue weighted by molar-refractivity contribution is 9.10. The number of aromatic nitrogens is 1. The molecule has 8 heteroatoms. The molecule has 0 radical (unpaired) electrons. The Morgan fingerprint density at radius 3 is 2.58 bits per heavy atom. The van der Waals surface area contributed by atoms with E-state index in [0.29, 0.717) is 20.9 Å². The summed E-state index contributed by atoms with van der Waals surface area (Å²) in [5, 5.41) is 17.5. The van der Waals surface area contributed by atoms with Gasteiger partial charge >= 0.3 is 5.97 Å². The van der Waals surface area contributed by atoms with Gasteiger partial charge in [-0.2, -0.15) is 0 Å². The van der Waals surface area contributed by atoms with Gasteiger partial charge in [0.05, 0.1) is 5.56 Å². The Morgan fingerprint density at radius 2 is 1.92 bits per heavy atom. The van der Waals surface area contributed by atoms with E-state index in [-0.39, 0.29) is 11.5 Å². The maximum absolute atomic E-state index is 12.8. The second-order valence-corrected chi connectivity index (χ2v) is 7.12. The number of thiazole rings is 1. The number of nitrogens with one attached hydrogen (secondary N) is 2. The van der Waals surface area contributed by atoms with Crippen LogP contribution in [0, 0.1) is 0 Å². The molecule has 1 aromatic heterocycles. The van der Waals surface area contributed by atoms with Crippen molar-refractivity contribution in [1.82, 2.24) is 4.98 Å². The topological polar surface area (TPSA) is 91.3 Å². The molecule has 0 aliphatic carbocycles. The fourth-order valence-corrected chi connectivity index (χ4v) is 3.28. The van der Waals surface area contributed by atoms with Crippen molar-refractivity contribution >= 4 is 50.0 Å². The number of hydrogen-bond donors (Lipinski definition) is 3. The summed E-state index contributed by atoms with van der Waals surface area (Å²) in [7, 11) is 0. The lowest BCUT2D eigenvalue weighted by molar-refractivity contribution is -0.117. The normalized spacial score (nSPS) is 11.6. The van der Waals surface area contributed by atoms with E-state index in [0.717, 1.165) is 0 Å². The number of hydrogen-bond acceptors (Lipinski definition) is 5. The van der Waals surface area contributed by atoms with Crippen LogP contribution in [-0.2, 0) is 4.79 Å². The van der Waals surface area contributed by atoms with Gasteiger partial charge in [0.15, 0.2) is 5.13 Å². The van der Waals surface area contributed by atoms with E-state index in [1.54, 1.807) is 35.8 Å². The summed E-state index contributed by atoms with van der Waals surface area (Å²) in [5.41, 5.74) is 1.13. The van der Waals surface area contributed by atoms with E-state index in [4.69, 9.17) is 0 Å². The fourth-order valence-electron chi connectivity index (χ4n) is 2.38. The molecule has 0 aliphatic heterocycles. The SMILES string of the molecule is O=C(O)c1cc(Br)ccc1N[C@H](C(=O)Nc1nccs1)c1ccccc1. The summed E-state index contributed by atoms with van der Waals surface area (Å²) < 4.78 is 0.643. The van der Waals surface area contributed by atoms with Gasteiger partial charge in [0.25, 0.3) is 5.91 Å². The lowest BCUT2D eigenvalue weighted by Crippen LogP contribution is -2.28. The average Bonchev–Trinajstić information content (AvgIpc) is 3.14. The van der Waals surface area contributed by atoms with Crippen LogP contribution in [0.2, 0.25) is 0 Å². The summed E-state index contributed by atoms with van der Waals surface area (Å²) in [4.78, 5) is 28.4. The highest BCUT2D eigenvalue weighted by Gasteiger charge is 2.23. The third-order valence-electron chi connectivity index (χ3n) is 3.57. The Bertz CT molecular complexity index is 917. The van der Waals surface area contributed by atoms with Crippen molar-refractivity contribution in [2.24, 2.45) is 0 Å². The molecule has 0 spiro atoms. The minimum atomic E-state index is -1.08. The predicted molar refractivity (Wildman–Crippen MR) is 105 cm³/mol. The van der Waals surface area contributed by atoms with E-state index in [1.165, 1.54) is 17.4 Å². The summed E-state index contributed by atoms with van der Waals surface area (Å²) in [6, 6.07) is 13.2. The van der Waals surface area contributed by atoms with Crippen molar-refractivity contribution in [2.45, 2.75) is 6.04 Å². The lowest BCUT2D eigenvalue weighted by atomic mass is 10.0. The Labute approximate surface area is 162 Å². The number of rotatable bonds is 6. The molecule has 0 fully saturated rings. The van der Waals surface area contributed by atoms with Gasteiger partial charge in [-0.05, 0) is 23.8 Å². The molecule has 3 N–H and O–H groups in total. The van der Waals surface area contributed by atoms with Gasteiger partial charge in [0, 0.05) is 21.7 Å². The Hall–Kier alpha value is -2.71. The number of benzene rings is 2. The molecule has 0 bridgehead atoms. The smallest absolute Gasteiger partial charge is 0.337 e. The van der Waals surface area contributed by atoms with Gasteiger partial charge < -0.3 is 10.4 Å². The van der Waals surface area contributed by atoms with Crippen molar-refractivity contribution < 1.29 is 14.7 Å². The Morgan fingerprint density at radius 1 is 1.15 bits per heavy atom. The number of nitrogens with zero attached hydrogens (tertiary/aromatic N) is 1. The number of halogens is 1. The lowest BCUT2D eigenvalue weighted by Gasteiger charge is -2.20. The first-order valence-corrected chi connectivity index (χ1v) is 9.26. The molecule has 0 unspecified atom stereocenters. The first kappa shape index (κ1) is 18.1. The summed E-state index contributed by atoms with van der Waals surface area (Å²) in [5.74, 6) is -1.41. The highest BCUT2D eigenvalue weighted by atomic mass is 79.9. The first-order chi connectivity index (χ1) is 12.5. The third-order valence-corrected chi connectivity index (χ3v) is 4.75. The van der Waals surface area contributed by atoms with Crippen molar-refractivity contribution in [3.63, 3.8) is 0 Å². The van der Waals surface area contributed by atoms with Crippen molar-refractivity contribution in [3.05, 3.63) is 75.7 Å². The van der Waals surface area contributed by atoms with Crippen LogP contribution in [0.1, 0.15) is 22.0 Å². The molecule has 6 nitrogen and oxygen atoms in total. The third kappa shape index (κ3) is 4.27. The van der Waals surface area contributed by atoms with E-state index < -0.39 is 12.0 Å². The number of carboxylic acids is 1. The molecular weight excluding hydrogens is 418 g/mol. The second kappa shape index (κ2) is 8.11. The molecule has 2 aromatic carbocycles. The zero-order valence-corrected chi connectivity index (χ0v) is 15.8. The van der Waals surface area contributed by atoms with Crippen LogP contribution in [0.5, 0.6) is 0 Å². The van der Waals surface area contributed by atoms with E-state index in [1.807, 2.05) is 18.2 Å². The number of carboxylic acid groups (broad SMARTS) is 1. The molecule has 1 amide bonds. The van der Waals surface area contributed by atoms with Gasteiger partial charge in [-0.15, -0.1) is 11.3 Å². The van der Waals surface area contributed by atoms with Crippen LogP contribution >= 0.6 is 27.3 Å². The number of anilines is 2. The molecule has 132 valence electrons. The van der Waals surface area contributed by atoms with Crippen LogP contribution in [0.4, 0.5) is 10.8 Å². The van der Waals surface area contributed by atoms with Crippen LogP contribution in [-0.4, -0.2) is 22.0 Å². The molecule has 0 aliphatic rings. The molecule has 3 aromatic rings. The maximum atomic E-state index is 12.8. The summed E-state index contributed by atoms with van der Waals surface area (Å²) in [6.45, 7) is 0. The molecule has 1 heterocycles. The Balaban J connectivity index is 1.94. The van der Waals surface area contributed by atoms with Gasteiger partial charge in [0.2, 0.25) is 0 Å². The second-order valence-electron chi connectivity index (χ2n) is 5.31. The van der Waals surface area contributed by atoms with Crippen LogP contribution < -0.4 is 10.6 Å². The quantitative estimate of drug-likeness (QED) is 0.537. The monoisotopic (exact) mass is 431 g/mol. The van der Waals surface area contributed by atoms with Gasteiger partial charge in [-0.1, -0.05) is 46.3 Å². The first-order valence-electron chi connectivity index (χ1n) is 7.59. The van der Waals surface area contributed by atoms with Crippen LogP contribution in [0.15, 0.2) is 64.6 Å². The van der Waals surface area contributed by atoms with Gasteiger partial charge in [-0.25, -0.2) is 9.78 Å². The van der Waals surface area contributed by atoms with Gasteiger partial charge in [0.1, 0.15) is 6.04 Å². The van der Waals surface area contributed by atoms with E-state index in [9.17, 15) is 14.7 Å². The summed E-state index contributed by atoms with van der Waals surface area (Å²) >= 11 is 4.58. The maximum Gasteiger partial charge on any atom is 0.337 e. The zero-order chi connectivity index (χ0) is 18.5. The van der Waals surface area contributed by atoms with E-state index >= 15 is 0 Å². The predicted octanol–water partition coefficient (Wildman–Crippen LogP) is 4.40. The standard InChI is InChI=1S/C18H14BrN3O3S/c19-12-6-7-14(13(10-12)17(24)25)21-15(11-4-2-1-3-5-11)16(23)22-18-20-8-9-26-18/h1-10,15,21H,(H,24,25)(H,20,22,23)/t15-/m0/s1. The molecule has 3 rings (SSSR count). The largest absolute Gasteiger partial charge is 0.478 e. The average molecular weight is 432 g/mol. The zero-order valence-electron chi connectivity index (χ0n) is 13.3. The van der Waals surface area contributed by atoms with E-state index in [2.05, 4.69) is 31.5 Å². The number of carbonyl (C=O) groups excluding carboxylic acids is 1. The minimum absolute atomic E-state index is 0.0716. The van der Waals surface area contributed by atoms with Crippen molar-refractivity contribution in [3.8, 4) is 0 Å². The van der Waals surface area contributed by atoms with Crippen molar-refractivity contribution in [1.29, 1.82) is 0 Å². The Kier molecular flexibility index (Phi) is 5.65. The number of aromatic carboxylic acids is 1. The van der Waals surface area contributed by atoms with Gasteiger partial charge in [-0.3, -0.25) is 10.1 Å². The highest BCUT2D eigenvalue weighted by Crippen LogP contribution is 2.27. The molecule has 1 atom stereocenters. The minimum Gasteiger partial charge on any atom is -0.478 e. The van der Waals surface area contributed by atoms with Crippen LogP contribution in [0.25, 0.3) is 0 Å². The molecule has 26 heavy (non-hydrogen) atoms. The molecule has 0 saturated heterocycles. The number of amides is 1. The fraction of sp³-hybridized carbons (Fsp3) is 0.0556. The molecule has 0 saturated carbocycles. The summed E-state index contributed by atoms with van der Waals surface area (Å²) in [6.07, 6.45) is 1.60. The molecular formula is C18H14BrN3O3S.